The van der Waals surface area contributed by atoms with Crippen LogP contribution in [0.15, 0.2) is 30.6 Å². The van der Waals surface area contributed by atoms with E-state index >= 15 is 0 Å². The van der Waals surface area contributed by atoms with Crippen molar-refractivity contribution < 1.29 is 14.1 Å². The van der Waals surface area contributed by atoms with Gasteiger partial charge in [0, 0.05) is 12.6 Å². The maximum Gasteiger partial charge on any atom is 0.494 e. The number of aromatic nitrogens is 2. The van der Waals surface area contributed by atoms with Crippen molar-refractivity contribution in [3.05, 3.63) is 47.3 Å². The molecule has 3 rings (SSSR count). The van der Waals surface area contributed by atoms with Crippen molar-refractivity contribution in [3.8, 4) is 0 Å². The lowest BCUT2D eigenvalue weighted by Gasteiger charge is -2.32. The van der Waals surface area contributed by atoms with Gasteiger partial charge in [-0.2, -0.15) is 5.10 Å². The van der Waals surface area contributed by atoms with Crippen LogP contribution in [0, 0.1) is 6.92 Å². The van der Waals surface area contributed by atoms with Crippen LogP contribution in [0.4, 0.5) is 0 Å². The van der Waals surface area contributed by atoms with Crippen LogP contribution in [0.1, 0.15) is 76.4 Å². The molecule has 1 aliphatic rings. The Balaban J connectivity index is 1.66. The second kappa shape index (κ2) is 7.40. The highest BCUT2D eigenvalue weighted by atomic mass is 16.7. The Morgan fingerprint density at radius 3 is 2.28 bits per heavy atom. The van der Waals surface area contributed by atoms with Crippen molar-refractivity contribution in [3.63, 3.8) is 0 Å². The van der Waals surface area contributed by atoms with Crippen molar-refractivity contribution in [2.45, 2.75) is 85.0 Å². The molecule has 1 fully saturated rings. The summed E-state index contributed by atoms with van der Waals surface area (Å²) in [6, 6.07) is 6.24. The standard InChI is InChI=1S/C23H33BN2O3/c1-16-13-19(24-28-22(5,6)23(7,8)29-24)11-9-17(16)10-12-20(27)18-14-25-26(15-18)21(2,3)4/h9,11,13-15H,10,12H2,1-8H3. The molecule has 0 atom stereocenters. The molecule has 5 nitrogen and oxygen atoms in total. The van der Waals surface area contributed by atoms with Gasteiger partial charge >= 0.3 is 7.12 Å². The zero-order chi connectivity index (χ0) is 21.6. The summed E-state index contributed by atoms with van der Waals surface area (Å²) in [4.78, 5) is 12.6. The molecule has 0 N–H and O–H groups in total. The first kappa shape index (κ1) is 21.8. The van der Waals surface area contributed by atoms with Gasteiger partial charge in [0.05, 0.1) is 28.5 Å². The molecule has 0 spiro atoms. The van der Waals surface area contributed by atoms with Crippen LogP contribution in [0.25, 0.3) is 0 Å². The van der Waals surface area contributed by atoms with Crippen molar-refractivity contribution >= 4 is 18.4 Å². The van der Waals surface area contributed by atoms with Gasteiger partial charge in [-0.25, -0.2) is 0 Å². The van der Waals surface area contributed by atoms with E-state index in [1.165, 1.54) is 5.56 Å². The number of ketones is 1. The number of hydrogen-bond donors (Lipinski definition) is 0. The molecule has 2 aromatic rings. The van der Waals surface area contributed by atoms with Crippen LogP contribution < -0.4 is 5.46 Å². The summed E-state index contributed by atoms with van der Waals surface area (Å²) >= 11 is 0. The summed E-state index contributed by atoms with van der Waals surface area (Å²) in [5, 5.41) is 4.33. The summed E-state index contributed by atoms with van der Waals surface area (Å²) in [5.74, 6) is 0.120. The average molecular weight is 396 g/mol. The minimum atomic E-state index is -0.363. The molecule has 1 aliphatic heterocycles. The number of rotatable bonds is 5. The summed E-state index contributed by atoms with van der Waals surface area (Å²) in [5.41, 5.74) is 3.17. The molecule has 29 heavy (non-hydrogen) atoms. The van der Waals surface area contributed by atoms with Gasteiger partial charge in [-0.15, -0.1) is 0 Å². The average Bonchev–Trinajstić information content (AvgIpc) is 3.16. The molecule has 2 heterocycles. The number of Topliss-reactive ketones (excluding diaryl/α,β-unsaturated/α-hetero) is 1. The third kappa shape index (κ3) is 4.48. The van der Waals surface area contributed by atoms with Crippen molar-refractivity contribution in [1.29, 1.82) is 0 Å². The summed E-state index contributed by atoms with van der Waals surface area (Å²) in [6.45, 7) is 16.5. The highest BCUT2D eigenvalue weighted by Gasteiger charge is 2.51. The molecule has 0 aliphatic carbocycles. The number of carbonyl (C=O) groups is 1. The fraction of sp³-hybridized carbons (Fsp3) is 0.565. The molecule has 1 aromatic heterocycles. The van der Waals surface area contributed by atoms with Gasteiger partial charge in [0.25, 0.3) is 0 Å². The molecule has 6 heteroatoms. The molecular formula is C23H33BN2O3. The number of benzene rings is 1. The van der Waals surface area contributed by atoms with Crippen molar-refractivity contribution in [2.75, 3.05) is 0 Å². The monoisotopic (exact) mass is 396 g/mol. The lowest BCUT2D eigenvalue weighted by atomic mass is 9.77. The van der Waals surface area contributed by atoms with Crippen LogP contribution in [-0.4, -0.2) is 33.9 Å². The SMILES string of the molecule is Cc1cc(B2OC(C)(C)C(C)(C)O2)ccc1CCC(=O)c1cnn(C(C)(C)C)c1. The maximum atomic E-state index is 12.6. The van der Waals surface area contributed by atoms with E-state index < -0.39 is 0 Å². The molecule has 0 unspecified atom stereocenters. The third-order valence-electron chi connectivity index (χ3n) is 6.11. The van der Waals surface area contributed by atoms with Gasteiger partial charge in [0.2, 0.25) is 0 Å². The Bertz CT molecular complexity index is 893. The van der Waals surface area contributed by atoms with E-state index in [1.54, 1.807) is 6.20 Å². The molecule has 1 saturated heterocycles. The lowest BCUT2D eigenvalue weighted by molar-refractivity contribution is 0.00578. The summed E-state index contributed by atoms with van der Waals surface area (Å²) in [7, 11) is -0.363. The first-order valence-electron chi connectivity index (χ1n) is 10.3. The van der Waals surface area contributed by atoms with E-state index in [2.05, 4.69) is 72.6 Å². The molecule has 0 amide bonds. The molecule has 156 valence electrons. The predicted molar refractivity (Wildman–Crippen MR) is 117 cm³/mol. The molecule has 0 bridgehead atoms. The maximum absolute atomic E-state index is 12.6. The molecule has 0 saturated carbocycles. The molecule has 1 aromatic carbocycles. The minimum Gasteiger partial charge on any atom is -0.399 e. The lowest BCUT2D eigenvalue weighted by Crippen LogP contribution is -2.41. The van der Waals surface area contributed by atoms with Crippen molar-refractivity contribution in [1.82, 2.24) is 9.78 Å². The van der Waals surface area contributed by atoms with Gasteiger partial charge in [-0.1, -0.05) is 18.2 Å². The number of hydrogen-bond acceptors (Lipinski definition) is 4. The second-order valence-electron chi connectivity index (χ2n) is 10.0. The molecular weight excluding hydrogens is 363 g/mol. The van der Waals surface area contributed by atoms with Crippen LogP contribution in [-0.2, 0) is 21.3 Å². The Labute approximate surface area is 174 Å². The fourth-order valence-electron chi connectivity index (χ4n) is 3.35. The van der Waals surface area contributed by atoms with Crippen LogP contribution >= 0.6 is 0 Å². The number of aryl methyl sites for hydroxylation is 2. The highest BCUT2D eigenvalue weighted by molar-refractivity contribution is 6.62. The Hall–Kier alpha value is -1.92. The van der Waals surface area contributed by atoms with Gasteiger partial charge in [-0.3, -0.25) is 9.48 Å². The topological polar surface area (TPSA) is 53.4 Å². The minimum absolute atomic E-state index is 0.120. The second-order valence-corrected chi connectivity index (χ2v) is 10.0. The van der Waals surface area contributed by atoms with Crippen molar-refractivity contribution in [2.24, 2.45) is 0 Å². The summed E-state index contributed by atoms with van der Waals surface area (Å²) in [6.07, 6.45) is 4.68. The largest absolute Gasteiger partial charge is 0.494 e. The highest BCUT2D eigenvalue weighted by Crippen LogP contribution is 2.36. The van der Waals surface area contributed by atoms with Gasteiger partial charge in [-0.05, 0) is 78.4 Å². The van der Waals surface area contributed by atoms with E-state index in [0.29, 0.717) is 18.4 Å². The Morgan fingerprint density at radius 1 is 1.14 bits per heavy atom. The number of carbonyl (C=O) groups excluding carboxylic acids is 1. The Kier molecular flexibility index (Phi) is 5.56. The normalized spacial score (nSPS) is 18.3. The van der Waals surface area contributed by atoms with Gasteiger partial charge in [0.1, 0.15) is 0 Å². The first-order chi connectivity index (χ1) is 13.3. The van der Waals surface area contributed by atoms with E-state index in [0.717, 1.165) is 11.0 Å². The predicted octanol–water partition coefficient (Wildman–Crippen LogP) is 4.06. The smallest absolute Gasteiger partial charge is 0.399 e. The van der Waals surface area contributed by atoms with Crippen LogP contribution in [0.5, 0.6) is 0 Å². The van der Waals surface area contributed by atoms with Gasteiger partial charge in [0.15, 0.2) is 5.78 Å². The van der Waals surface area contributed by atoms with E-state index in [-0.39, 0.29) is 29.6 Å². The third-order valence-corrected chi connectivity index (χ3v) is 6.11. The summed E-state index contributed by atoms with van der Waals surface area (Å²) < 4.78 is 14.1. The zero-order valence-corrected chi connectivity index (χ0v) is 19.0. The van der Waals surface area contributed by atoms with E-state index in [4.69, 9.17) is 9.31 Å². The number of nitrogens with zero attached hydrogens (tertiary/aromatic N) is 2. The molecule has 0 radical (unpaired) electrons. The Morgan fingerprint density at radius 2 is 1.76 bits per heavy atom. The van der Waals surface area contributed by atoms with E-state index in [1.807, 2.05) is 16.9 Å². The quantitative estimate of drug-likeness (QED) is 0.565. The van der Waals surface area contributed by atoms with E-state index in [9.17, 15) is 4.79 Å². The van der Waals surface area contributed by atoms with Crippen LogP contribution in [0.2, 0.25) is 0 Å². The zero-order valence-electron chi connectivity index (χ0n) is 19.0. The van der Waals surface area contributed by atoms with Gasteiger partial charge < -0.3 is 9.31 Å². The van der Waals surface area contributed by atoms with Crippen LogP contribution in [0.3, 0.4) is 0 Å². The fourth-order valence-corrected chi connectivity index (χ4v) is 3.35. The first-order valence-corrected chi connectivity index (χ1v) is 10.3.